The van der Waals surface area contributed by atoms with Gasteiger partial charge in [0, 0.05) is 50.5 Å². The van der Waals surface area contributed by atoms with Crippen LogP contribution in [-0.2, 0) is 16.2 Å². The van der Waals surface area contributed by atoms with Crippen LogP contribution < -0.4 is 4.90 Å². The lowest BCUT2D eigenvalue weighted by Gasteiger charge is -2.36. The van der Waals surface area contributed by atoms with E-state index < -0.39 is 21.8 Å². The molecule has 2 unspecified atom stereocenters. The Morgan fingerprint density at radius 2 is 1.54 bits per heavy atom. The second-order valence-electron chi connectivity index (χ2n) is 9.62. The molecule has 2 heterocycles. The van der Waals surface area contributed by atoms with Crippen LogP contribution in [0, 0.1) is 11.8 Å². The van der Waals surface area contributed by atoms with Crippen LogP contribution in [-0.4, -0.2) is 62.8 Å². The molecule has 2 aliphatic heterocycles. The predicted octanol–water partition coefficient (Wildman–Crippen LogP) is 4.33. The molecule has 2 aromatic carbocycles. The molecule has 1 amide bonds. The second kappa shape index (κ2) is 9.81. The summed E-state index contributed by atoms with van der Waals surface area (Å²) in [6.45, 7) is 6.42. The van der Waals surface area contributed by atoms with Gasteiger partial charge in [-0.3, -0.25) is 4.79 Å². The van der Waals surface area contributed by atoms with Crippen LogP contribution in [0.15, 0.2) is 53.4 Å². The molecule has 2 aliphatic rings. The van der Waals surface area contributed by atoms with Gasteiger partial charge in [0.25, 0.3) is 5.91 Å². The van der Waals surface area contributed by atoms with Crippen LogP contribution in [0.3, 0.4) is 0 Å². The number of carbonyl (C=O) groups is 1. The molecule has 2 aromatic rings. The van der Waals surface area contributed by atoms with Crippen molar-refractivity contribution in [3.63, 3.8) is 0 Å². The van der Waals surface area contributed by atoms with Gasteiger partial charge in [0.05, 0.1) is 10.5 Å². The van der Waals surface area contributed by atoms with Crippen molar-refractivity contribution in [2.45, 2.75) is 31.3 Å². The zero-order valence-corrected chi connectivity index (χ0v) is 20.6. The van der Waals surface area contributed by atoms with Crippen LogP contribution in [0.4, 0.5) is 18.9 Å². The van der Waals surface area contributed by atoms with Crippen LogP contribution in [0.25, 0.3) is 0 Å². The summed E-state index contributed by atoms with van der Waals surface area (Å²) in [4.78, 5) is 16.7. The molecule has 0 spiro atoms. The van der Waals surface area contributed by atoms with Crippen molar-refractivity contribution in [1.29, 1.82) is 0 Å². The lowest BCUT2D eigenvalue weighted by molar-refractivity contribution is -0.137. The summed E-state index contributed by atoms with van der Waals surface area (Å²) >= 11 is 0. The van der Waals surface area contributed by atoms with E-state index in [4.69, 9.17) is 0 Å². The minimum Gasteiger partial charge on any atom is -0.368 e. The maximum atomic E-state index is 13.2. The van der Waals surface area contributed by atoms with Gasteiger partial charge in [-0.05, 0) is 54.7 Å². The Kier molecular flexibility index (Phi) is 7.15. The predicted molar refractivity (Wildman–Crippen MR) is 128 cm³/mol. The number of hydrogen-bond donors (Lipinski definition) is 0. The van der Waals surface area contributed by atoms with E-state index in [9.17, 15) is 26.4 Å². The summed E-state index contributed by atoms with van der Waals surface area (Å²) in [6, 6.07) is 11.3. The molecule has 2 saturated heterocycles. The Labute approximate surface area is 204 Å². The molecule has 0 aliphatic carbocycles. The van der Waals surface area contributed by atoms with E-state index in [1.807, 2.05) is 18.7 Å². The number of piperidine rings is 1. The smallest absolute Gasteiger partial charge is 0.368 e. The standard InChI is InChI=1S/C25H30F3N3O3S/c1-18-13-19(2)17-31(16-18)35(33,34)23-8-3-5-20(14-23)24(32)30-11-9-29(10-12-30)22-7-4-6-21(15-22)25(26,27)28/h3-8,14-15,18-19H,9-13,16-17H2,1-2H3. The first kappa shape index (κ1) is 25.5. The number of carbonyl (C=O) groups excluding carboxylic acids is 1. The number of halogens is 3. The summed E-state index contributed by atoms with van der Waals surface area (Å²) in [5, 5.41) is 0. The van der Waals surface area contributed by atoms with Gasteiger partial charge < -0.3 is 9.80 Å². The largest absolute Gasteiger partial charge is 0.416 e. The first-order valence-corrected chi connectivity index (χ1v) is 13.2. The van der Waals surface area contributed by atoms with Crippen molar-refractivity contribution in [3.8, 4) is 0 Å². The topological polar surface area (TPSA) is 60.9 Å². The number of alkyl halides is 3. The lowest BCUT2D eigenvalue weighted by atomic mass is 9.94. The van der Waals surface area contributed by atoms with Crippen LogP contribution >= 0.6 is 0 Å². The maximum absolute atomic E-state index is 13.2. The Morgan fingerprint density at radius 1 is 0.914 bits per heavy atom. The van der Waals surface area contributed by atoms with Crippen molar-refractivity contribution < 1.29 is 26.4 Å². The number of piperazine rings is 1. The molecule has 35 heavy (non-hydrogen) atoms. The summed E-state index contributed by atoms with van der Waals surface area (Å²) in [6.07, 6.45) is -3.43. The van der Waals surface area contributed by atoms with Gasteiger partial charge in [0.1, 0.15) is 0 Å². The molecule has 2 fully saturated rings. The number of sulfonamides is 1. The van der Waals surface area contributed by atoms with Gasteiger partial charge in [-0.15, -0.1) is 0 Å². The molecular weight excluding hydrogens is 479 g/mol. The van der Waals surface area contributed by atoms with Gasteiger partial charge >= 0.3 is 6.18 Å². The minimum atomic E-state index is -4.41. The van der Waals surface area contributed by atoms with E-state index in [0.29, 0.717) is 45.0 Å². The first-order valence-electron chi connectivity index (χ1n) is 11.8. The number of rotatable bonds is 4. The Morgan fingerprint density at radius 3 is 2.17 bits per heavy atom. The first-order chi connectivity index (χ1) is 16.4. The monoisotopic (exact) mass is 509 g/mol. The molecule has 0 N–H and O–H groups in total. The highest BCUT2D eigenvalue weighted by atomic mass is 32.2. The molecule has 0 saturated carbocycles. The lowest BCUT2D eigenvalue weighted by Crippen LogP contribution is -2.48. The highest BCUT2D eigenvalue weighted by molar-refractivity contribution is 7.89. The third-order valence-electron chi connectivity index (χ3n) is 6.66. The zero-order valence-electron chi connectivity index (χ0n) is 19.8. The number of hydrogen-bond acceptors (Lipinski definition) is 4. The molecular formula is C25H30F3N3O3S. The number of nitrogens with zero attached hydrogens (tertiary/aromatic N) is 3. The highest BCUT2D eigenvalue weighted by Gasteiger charge is 2.33. The summed E-state index contributed by atoms with van der Waals surface area (Å²) in [5.41, 5.74) is 0.0470. The van der Waals surface area contributed by atoms with Crippen LogP contribution in [0.5, 0.6) is 0 Å². The average Bonchev–Trinajstić information content (AvgIpc) is 2.83. The molecule has 0 aromatic heterocycles. The minimum absolute atomic E-state index is 0.104. The molecule has 6 nitrogen and oxygen atoms in total. The van der Waals surface area contributed by atoms with Gasteiger partial charge in [-0.25, -0.2) is 8.42 Å². The van der Waals surface area contributed by atoms with Crippen LogP contribution in [0.2, 0.25) is 0 Å². The van der Waals surface area contributed by atoms with E-state index in [0.717, 1.165) is 18.6 Å². The second-order valence-corrected chi connectivity index (χ2v) is 11.6. The summed E-state index contributed by atoms with van der Waals surface area (Å²) < 4.78 is 67.1. The van der Waals surface area contributed by atoms with Crippen molar-refractivity contribution in [1.82, 2.24) is 9.21 Å². The fraction of sp³-hybridized carbons (Fsp3) is 0.480. The van der Waals surface area contributed by atoms with E-state index in [1.165, 1.54) is 22.5 Å². The fourth-order valence-electron chi connectivity index (χ4n) is 4.97. The van der Waals surface area contributed by atoms with Gasteiger partial charge in [0.2, 0.25) is 10.0 Å². The molecule has 190 valence electrons. The van der Waals surface area contributed by atoms with Crippen molar-refractivity contribution in [2.24, 2.45) is 11.8 Å². The average molecular weight is 510 g/mol. The Hall–Kier alpha value is -2.59. The van der Waals surface area contributed by atoms with Crippen molar-refractivity contribution in [3.05, 3.63) is 59.7 Å². The summed E-state index contributed by atoms with van der Waals surface area (Å²) in [7, 11) is -3.71. The highest BCUT2D eigenvalue weighted by Crippen LogP contribution is 2.32. The summed E-state index contributed by atoms with van der Waals surface area (Å²) in [5.74, 6) is 0.254. The number of benzene rings is 2. The molecule has 4 rings (SSSR count). The fourth-order valence-corrected chi connectivity index (χ4v) is 6.70. The molecule has 2 atom stereocenters. The Balaban J connectivity index is 1.45. The van der Waals surface area contributed by atoms with Crippen molar-refractivity contribution >= 4 is 21.6 Å². The molecule has 0 bridgehead atoms. The molecule has 0 radical (unpaired) electrons. The third kappa shape index (κ3) is 5.64. The molecule has 10 heteroatoms. The quantitative estimate of drug-likeness (QED) is 0.616. The van der Waals surface area contributed by atoms with Gasteiger partial charge in [-0.2, -0.15) is 17.5 Å². The van der Waals surface area contributed by atoms with Gasteiger partial charge in [0.15, 0.2) is 0 Å². The van der Waals surface area contributed by atoms with E-state index >= 15 is 0 Å². The Bertz CT molecular complexity index is 1170. The van der Waals surface area contributed by atoms with Crippen molar-refractivity contribution in [2.75, 3.05) is 44.2 Å². The maximum Gasteiger partial charge on any atom is 0.416 e. The number of anilines is 1. The normalized spacial score (nSPS) is 22.3. The number of amides is 1. The van der Waals surface area contributed by atoms with Gasteiger partial charge in [-0.1, -0.05) is 26.0 Å². The van der Waals surface area contributed by atoms with E-state index in [1.54, 1.807) is 23.1 Å². The van der Waals surface area contributed by atoms with E-state index in [2.05, 4.69) is 0 Å². The SMILES string of the molecule is CC1CC(C)CN(S(=O)(=O)c2cccc(C(=O)N3CCN(c4cccc(C(F)(F)F)c4)CC3)c2)C1. The zero-order chi connectivity index (χ0) is 25.4. The van der Waals surface area contributed by atoms with Crippen LogP contribution in [0.1, 0.15) is 36.2 Å². The third-order valence-corrected chi connectivity index (χ3v) is 8.49. The van der Waals surface area contributed by atoms with E-state index in [-0.39, 0.29) is 28.2 Å².